The molecule has 2 aromatic rings. The number of pyridine rings is 1. The van der Waals surface area contributed by atoms with E-state index >= 15 is 0 Å². The first-order chi connectivity index (χ1) is 8.38. The van der Waals surface area contributed by atoms with E-state index in [2.05, 4.69) is 52.4 Å². The predicted molar refractivity (Wildman–Crippen MR) is 69.8 cm³/mol. The van der Waals surface area contributed by atoms with Gasteiger partial charge in [-0.2, -0.15) is 0 Å². The summed E-state index contributed by atoms with van der Waals surface area (Å²) in [4.78, 5) is 4.01. The molecule has 0 amide bonds. The van der Waals surface area contributed by atoms with Crippen LogP contribution in [-0.2, 0) is 19.5 Å². The highest BCUT2D eigenvalue weighted by molar-refractivity contribution is 5.11. The zero-order valence-electron chi connectivity index (χ0n) is 10.3. The van der Waals surface area contributed by atoms with Crippen molar-refractivity contribution in [3.8, 4) is 0 Å². The molecule has 0 spiro atoms. The van der Waals surface area contributed by atoms with Crippen molar-refractivity contribution in [1.82, 2.24) is 14.9 Å². The van der Waals surface area contributed by atoms with Gasteiger partial charge in [-0.1, -0.05) is 0 Å². The second kappa shape index (κ2) is 6.21. The van der Waals surface area contributed by atoms with E-state index in [9.17, 15) is 0 Å². The maximum atomic E-state index is 4.01. The van der Waals surface area contributed by atoms with Crippen LogP contribution in [0.5, 0.6) is 0 Å². The highest BCUT2D eigenvalue weighted by Crippen LogP contribution is 2.01. The first-order valence-corrected chi connectivity index (χ1v) is 6.13. The fraction of sp³-hybridized carbons (Fsp3) is 0.357. The molecule has 0 fully saturated rings. The molecule has 0 saturated heterocycles. The highest BCUT2D eigenvalue weighted by Gasteiger charge is 1.96. The lowest BCUT2D eigenvalue weighted by Crippen LogP contribution is -2.16. The lowest BCUT2D eigenvalue weighted by molar-refractivity contribution is 0.682. The van der Waals surface area contributed by atoms with E-state index in [1.54, 1.807) is 0 Å². The van der Waals surface area contributed by atoms with Crippen LogP contribution in [0.3, 0.4) is 0 Å². The summed E-state index contributed by atoms with van der Waals surface area (Å²) in [6.07, 6.45) is 9.06. The summed E-state index contributed by atoms with van der Waals surface area (Å²) in [5.41, 5.74) is 2.68. The Morgan fingerprint density at radius 3 is 2.71 bits per heavy atom. The van der Waals surface area contributed by atoms with Crippen LogP contribution in [0.25, 0.3) is 0 Å². The molecule has 2 aromatic heterocycles. The number of aromatic nitrogens is 2. The fourth-order valence-electron chi connectivity index (χ4n) is 1.81. The summed E-state index contributed by atoms with van der Waals surface area (Å²) < 4.78 is 2.19. The molecule has 0 aliphatic heterocycles. The van der Waals surface area contributed by atoms with Crippen LogP contribution in [0, 0.1) is 0 Å². The molecule has 0 unspecified atom stereocenters. The van der Waals surface area contributed by atoms with E-state index in [0.717, 1.165) is 26.1 Å². The molecule has 0 atom stereocenters. The van der Waals surface area contributed by atoms with E-state index in [-0.39, 0.29) is 0 Å². The predicted octanol–water partition coefficient (Wildman–Crippen LogP) is 2.24. The normalized spacial score (nSPS) is 10.6. The summed E-state index contributed by atoms with van der Waals surface area (Å²) in [6, 6.07) is 6.30. The minimum absolute atomic E-state index is 0.943. The van der Waals surface area contributed by atoms with Crippen LogP contribution >= 0.6 is 0 Å². The number of hydrogen-bond acceptors (Lipinski definition) is 2. The van der Waals surface area contributed by atoms with Crippen molar-refractivity contribution in [2.75, 3.05) is 6.54 Å². The Labute approximate surface area is 103 Å². The lowest BCUT2D eigenvalue weighted by Gasteiger charge is -2.03. The average molecular weight is 229 g/mol. The van der Waals surface area contributed by atoms with Crippen molar-refractivity contribution < 1.29 is 0 Å². The third-order valence-corrected chi connectivity index (χ3v) is 2.85. The number of nitrogens with zero attached hydrogens (tertiary/aromatic N) is 2. The molecular weight excluding hydrogens is 210 g/mol. The van der Waals surface area contributed by atoms with Gasteiger partial charge in [0.2, 0.25) is 0 Å². The first kappa shape index (κ1) is 11.9. The quantitative estimate of drug-likeness (QED) is 0.770. The van der Waals surface area contributed by atoms with Gasteiger partial charge in [0.1, 0.15) is 0 Å². The van der Waals surface area contributed by atoms with Crippen molar-refractivity contribution in [3.05, 3.63) is 54.1 Å². The molecule has 2 heterocycles. The largest absolute Gasteiger partial charge is 0.354 e. The Morgan fingerprint density at radius 1 is 1.18 bits per heavy atom. The summed E-state index contributed by atoms with van der Waals surface area (Å²) in [5.74, 6) is 0. The van der Waals surface area contributed by atoms with Crippen molar-refractivity contribution in [1.29, 1.82) is 0 Å². The lowest BCUT2D eigenvalue weighted by atomic mass is 10.2. The molecule has 3 nitrogen and oxygen atoms in total. The second-order valence-corrected chi connectivity index (χ2v) is 4.13. The third-order valence-electron chi connectivity index (χ3n) is 2.85. The molecule has 17 heavy (non-hydrogen) atoms. The molecule has 0 aromatic carbocycles. The first-order valence-electron chi connectivity index (χ1n) is 6.13. The van der Waals surface area contributed by atoms with Crippen LogP contribution in [0.15, 0.2) is 43.0 Å². The minimum Gasteiger partial charge on any atom is -0.354 e. The molecule has 0 aliphatic carbocycles. The van der Waals surface area contributed by atoms with Gasteiger partial charge < -0.3 is 9.88 Å². The van der Waals surface area contributed by atoms with Gasteiger partial charge in [-0.05, 0) is 49.2 Å². The van der Waals surface area contributed by atoms with E-state index < -0.39 is 0 Å². The number of aryl methyl sites for hydroxylation is 1. The zero-order chi connectivity index (χ0) is 11.9. The van der Waals surface area contributed by atoms with Gasteiger partial charge >= 0.3 is 0 Å². The molecule has 3 heteroatoms. The zero-order valence-corrected chi connectivity index (χ0v) is 10.3. The summed E-state index contributed by atoms with van der Waals surface area (Å²) in [7, 11) is 0. The van der Waals surface area contributed by atoms with Crippen LogP contribution < -0.4 is 5.32 Å². The minimum atomic E-state index is 0.943. The van der Waals surface area contributed by atoms with Gasteiger partial charge in [-0.3, -0.25) is 4.98 Å². The topological polar surface area (TPSA) is 29.9 Å². The second-order valence-electron chi connectivity index (χ2n) is 4.13. The Kier molecular flexibility index (Phi) is 4.33. The Bertz CT molecular complexity index is 434. The van der Waals surface area contributed by atoms with Gasteiger partial charge in [0.15, 0.2) is 0 Å². The van der Waals surface area contributed by atoms with Crippen molar-refractivity contribution >= 4 is 0 Å². The summed E-state index contributed by atoms with van der Waals surface area (Å²) >= 11 is 0. The number of hydrogen-bond donors (Lipinski definition) is 1. The highest BCUT2D eigenvalue weighted by atomic mass is 14.9. The van der Waals surface area contributed by atoms with E-state index in [0.29, 0.717) is 0 Å². The van der Waals surface area contributed by atoms with Gasteiger partial charge in [0.25, 0.3) is 0 Å². The van der Waals surface area contributed by atoms with Crippen LogP contribution in [0.4, 0.5) is 0 Å². The van der Waals surface area contributed by atoms with Gasteiger partial charge in [0.05, 0.1) is 0 Å². The Hall–Kier alpha value is -1.61. The van der Waals surface area contributed by atoms with E-state index in [1.807, 2.05) is 12.4 Å². The molecule has 0 radical (unpaired) electrons. The maximum Gasteiger partial charge on any atom is 0.0270 e. The Balaban J connectivity index is 1.69. The fourth-order valence-corrected chi connectivity index (χ4v) is 1.81. The third kappa shape index (κ3) is 3.71. The number of rotatable bonds is 6. The van der Waals surface area contributed by atoms with Gasteiger partial charge in [0, 0.05) is 37.9 Å². The van der Waals surface area contributed by atoms with Gasteiger partial charge in [-0.15, -0.1) is 0 Å². The molecule has 1 N–H and O–H groups in total. The van der Waals surface area contributed by atoms with Crippen molar-refractivity contribution in [3.63, 3.8) is 0 Å². The van der Waals surface area contributed by atoms with Crippen LogP contribution in [0.1, 0.15) is 18.1 Å². The molecule has 0 aliphatic rings. The van der Waals surface area contributed by atoms with Gasteiger partial charge in [-0.25, -0.2) is 0 Å². The monoisotopic (exact) mass is 229 g/mol. The Morgan fingerprint density at radius 2 is 2.00 bits per heavy atom. The van der Waals surface area contributed by atoms with Crippen LogP contribution in [-0.4, -0.2) is 16.1 Å². The SMILES string of the molecule is CCn1ccc(CNCCc2ccncc2)c1. The van der Waals surface area contributed by atoms with E-state index in [4.69, 9.17) is 0 Å². The molecular formula is C14H19N3. The molecule has 0 saturated carbocycles. The number of nitrogens with one attached hydrogen (secondary N) is 1. The molecule has 0 bridgehead atoms. The molecule has 2 rings (SSSR count). The maximum absolute atomic E-state index is 4.01. The van der Waals surface area contributed by atoms with Crippen molar-refractivity contribution in [2.24, 2.45) is 0 Å². The smallest absolute Gasteiger partial charge is 0.0270 e. The standard InChI is InChI=1S/C14H19N3/c1-2-17-10-6-14(12-17)11-16-9-5-13-3-7-15-8-4-13/h3-4,6-8,10,12,16H,2,5,9,11H2,1H3. The summed E-state index contributed by atoms with van der Waals surface area (Å²) in [5, 5.41) is 3.45. The van der Waals surface area contributed by atoms with E-state index in [1.165, 1.54) is 11.1 Å². The van der Waals surface area contributed by atoms with Crippen LogP contribution in [0.2, 0.25) is 0 Å². The average Bonchev–Trinajstić information content (AvgIpc) is 2.84. The molecule has 90 valence electrons. The van der Waals surface area contributed by atoms with Crippen molar-refractivity contribution in [2.45, 2.75) is 26.4 Å². The summed E-state index contributed by atoms with van der Waals surface area (Å²) in [6.45, 7) is 5.14.